The Morgan fingerprint density at radius 3 is 2.76 bits per heavy atom. The van der Waals surface area contributed by atoms with Crippen LogP contribution in [0.5, 0.6) is 0 Å². The Balaban J connectivity index is 2.29. The molecule has 0 saturated carbocycles. The molecule has 0 aliphatic rings. The van der Waals surface area contributed by atoms with Crippen LogP contribution in [-0.4, -0.2) is 27.2 Å². The molecule has 17 heavy (non-hydrogen) atoms. The molecule has 0 fully saturated rings. The molecule has 1 aromatic carbocycles. The maximum atomic E-state index is 9.93. The third-order valence-corrected chi connectivity index (χ3v) is 2.94. The largest absolute Gasteiger partial charge is 0.390 e. The maximum Gasteiger partial charge on any atom is 0.106 e. The number of aliphatic hydroxyl groups excluding tert-OH is 2. The summed E-state index contributed by atoms with van der Waals surface area (Å²) >= 11 is 5.54. The Bertz CT molecular complexity index is 503. The molecule has 90 valence electrons. The summed E-state index contributed by atoms with van der Waals surface area (Å²) in [7, 11) is 0. The Hall–Kier alpha value is -1.16. The number of halogens is 1. The van der Waals surface area contributed by atoms with Gasteiger partial charge in [0.2, 0.25) is 0 Å². The van der Waals surface area contributed by atoms with Gasteiger partial charge in [-0.15, -0.1) is 11.6 Å². The molecule has 2 atom stereocenters. The number of fused-ring (bicyclic) bond motifs is 1. The molecule has 2 rings (SSSR count). The van der Waals surface area contributed by atoms with E-state index in [1.165, 1.54) is 0 Å². The molecule has 0 bridgehead atoms. The molecule has 3 nitrogen and oxygen atoms in total. The van der Waals surface area contributed by atoms with Gasteiger partial charge in [-0.05, 0) is 18.6 Å². The molecular weight excluding hydrogens is 238 g/mol. The molecule has 2 aromatic rings. The van der Waals surface area contributed by atoms with Crippen molar-refractivity contribution in [3.8, 4) is 0 Å². The number of rotatable bonds is 4. The van der Waals surface area contributed by atoms with Gasteiger partial charge in [0.25, 0.3) is 0 Å². The Morgan fingerprint density at radius 1 is 1.24 bits per heavy atom. The molecule has 0 amide bonds. The van der Waals surface area contributed by atoms with Crippen molar-refractivity contribution in [2.75, 3.05) is 5.88 Å². The van der Waals surface area contributed by atoms with Crippen LogP contribution in [0.4, 0.5) is 0 Å². The van der Waals surface area contributed by atoms with E-state index in [9.17, 15) is 10.2 Å². The van der Waals surface area contributed by atoms with Gasteiger partial charge < -0.3 is 10.2 Å². The molecule has 0 aliphatic carbocycles. The van der Waals surface area contributed by atoms with E-state index in [4.69, 9.17) is 11.6 Å². The molecule has 2 unspecified atom stereocenters. The minimum atomic E-state index is -0.939. The van der Waals surface area contributed by atoms with Crippen molar-refractivity contribution < 1.29 is 10.2 Å². The fourth-order valence-corrected chi connectivity index (χ4v) is 1.97. The average Bonchev–Trinajstić information content (AvgIpc) is 2.37. The predicted octanol–water partition coefficient (Wildman–Crippen LogP) is 2.26. The average molecular weight is 252 g/mol. The van der Waals surface area contributed by atoms with Crippen molar-refractivity contribution in [1.82, 2.24) is 4.98 Å². The van der Waals surface area contributed by atoms with E-state index in [1.807, 2.05) is 30.3 Å². The van der Waals surface area contributed by atoms with Crippen LogP contribution in [0.3, 0.4) is 0 Å². The van der Waals surface area contributed by atoms with E-state index in [0.717, 1.165) is 10.9 Å². The highest BCUT2D eigenvalue weighted by atomic mass is 35.5. The normalized spacial score (nSPS) is 14.8. The van der Waals surface area contributed by atoms with E-state index in [-0.39, 0.29) is 0 Å². The van der Waals surface area contributed by atoms with E-state index in [2.05, 4.69) is 4.98 Å². The molecule has 4 heteroatoms. The van der Waals surface area contributed by atoms with Gasteiger partial charge >= 0.3 is 0 Å². The highest BCUT2D eigenvalue weighted by molar-refractivity contribution is 6.17. The number of alkyl halides is 1. The number of nitrogens with zero attached hydrogens (tertiary/aromatic N) is 1. The van der Waals surface area contributed by atoms with Crippen molar-refractivity contribution in [3.05, 3.63) is 42.1 Å². The zero-order valence-electron chi connectivity index (χ0n) is 9.25. The third-order valence-electron chi connectivity index (χ3n) is 2.72. The molecule has 1 aromatic heterocycles. The van der Waals surface area contributed by atoms with Crippen LogP contribution in [0.15, 0.2) is 36.5 Å². The quantitative estimate of drug-likeness (QED) is 0.820. The number of aromatic nitrogens is 1. The van der Waals surface area contributed by atoms with Crippen LogP contribution >= 0.6 is 11.6 Å². The lowest BCUT2D eigenvalue weighted by Gasteiger charge is -2.17. The van der Waals surface area contributed by atoms with E-state index < -0.39 is 12.2 Å². The Kier molecular flexibility index (Phi) is 3.94. The van der Waals surface area contributed by atoms with Crippen molar-refractivity contribution in [2.45, 2.75) is 18.6 Å². The Labute approximate surface area is 105 Å². The fraction of sp³-hybridized carbons (Fsp3) is 0.308. The molecule has 0 aliphatic heterocycles. The van der Waals surface area contributed by atoms with Crippen LogP contribution in [0.2, 0.25) is 0 Å². The van der Waals surface area contributed by atoms with Gasteiger partial charge in [-0.1, -0.05) is 18.2 Å². The number of hydrogen-bond donors (Lipinski definition) is 2. The van der Waals surface area contributed by atoms with Crippen LogP contribution in [-0.2, 0) is 0 Å². The summed E-state index contributed by atoms with van der Waals surface area (Å²) in [6, 6.07) is 9.49. The molecule has 2 N–H and O–H groups in total. The minimum absolute atomic E-state index is 0.319. The van der Waals surface area contributed by atoms with Gasteiger partial charge in [0, 0.05) is 23.0 Å². The number of benzene rings is 1. The predicted molar refractivity (Wildman–Crippen MR) is 68.0 cm³/mol. The number of aliphatic hydroxyl groups is 2. The SMILES string of the molecule is OC(CCCl)C(O)c1cnc2ccccc2c1. The number of para-hydroxylation sites is 1. The topological polar surface area (TPSA) is 53.4 Å². The summed E-state index contributed by atoms with van der Waals surface area (Å²) in [5.41, 5.74) is 1.48. The van der Waals surface area contributed by atoms with Gasteiger partial charge in [0.05, 0.1) is 11.6 Å². The zero-order valence-corrected chi connectivity index (χ0v) is 10.0. The smallest absolute Gasteiger partial charge is 0.106 e. The third kappa shape index (κ3) is 2.75. The lowest BCUT2D eigenvalue weighted by atomic mass is 10.0. The van der Waals surface area contributed by atoms with E-state index in [0.29, 0.717) is 17.9 Å². The molecule has 1 heterocycles. The van der Waals surface area contributed by atoms with E-state index in [1.54, 1.807) is 6.20 Å². The lowest BCUT2D eigenvalue weighted by Crippen LogP contribution is -2.18. The molecule has 0 spiro atoms. The molecular formula is C13H14ClNO2. The summed E-state index contributed by atoms with van der Waals surface area (Å²) in [5, 5.41) is 20.6. The monoisotopic (exact) mass is 251 g/mol. The first-order valence-corrected chi connectivity index (χ1v) is 6.02. The van der Waals surface area contributed by atoms with Crippen molar-refractivity contribution >= 4 is 22.5 Å². The summed E-state index contributed by atoms with van der Waals surface area (Å²) in [4.78, 5) is 4.24. The van der Waals surface area contributed by atoms with Gasteiger partial charge in [-0.3, -0.25) is 4.98 Å². The maximum absolute atomic E-state index is 9.93. The zero-order chi connectivity index (χ0) is 12.3. The second-order valence-electron chi connectivity index (χ2n) is 3.95. The van der Waals surface area contributed by atoms with Gasteiger partial charge in [0.15, 0.2) is 0 Å². The van der Waals surface area contributed by atoms with Crippen LogP contribution < -0.4 is 0 Å². The van der Waals surface area contributed by atoms with Crippen molar-refractivity contribution in [3.63, 3.8) is 0 Å². The highest BCUT2D eigenvalue weighted by Crippen LogP contribution is 2.22. The van der Waals surface area contributed by atoms with Gasteiger partial charge in [-0.2, -0.15) is 0 Å². The standard InChI is InChI=1S/C13H14ClNO2/c14-6-5-12(16)13(17)10-7-9-3-1-2-4-11(9)15-8-10/h1-4,7-8,12-13,16-17H,5-6H2. The first-order valence-electron chi connectivity index (χ1n) is 5.49. The summed E-state index contributed by atoms with van der Waals surface area (Å²) < 4.78 is 0. The minimum Gasteiger partial charge on any atom is -0.390 e. The number of pyridine rings is 1. The Morgan fingerprint density at radius 2 is 2.00 bits per heavy atom. The van der Waals surface area contributed by atoms with Crippen molar-refractivity contribution in [2.24, 2.45) is 0 Å². The van der Waals surface area contributed by atoms with Crippen LogP contribution in [0, 0.1) is 0 Å². The first-order chi connectivity index (χ1) is 8.22. The molecule has 0 radical (unpaired) electrons. The molecule has 0 saturated heterocycles. The summed E-state index contributed by atoms with van der Waals surface area (Å²) in [5.74, 6) is 0.319. The van der Waals surface area contributed by atoms with E-state index >= 15 is 0 Å². The van der Waals surface area contributed by atoms with Crippen molar-refractivity contribution in [1.29, 1.82) is 0 Å². The fourth-order valence-electron chi connectivity index (χ4n) is 1.74. The van der Waals surface area contributed by atoms with Crippen LogP contribution in [0.1, 0.15) is 18.1 Å². The second kappa shape index (κ2) is 5.45. The van der Waals surface area contributed by atoms with Crippen LogP contribution in [0.25, 0.3) is 10.9 Å². The highest BCUT2D eigenvalue weighted by Gasteiger charge is 2.18. The van der Waals surface area contributed by atoms with Gasteiger partial charge in [-0.25, -0.2) is 0 Å². The first kappa shape index (κ1) is 12.3. The lowest BCUT2D eigenvalue weighted by molar-refractivity contribution is 0.0169. The second-order valence-corrected chi connectivity index (χ2v) is 4.33. The summed E-state index contributed by atoms with van der Waals surface area (Å²) in [6.07, 6.45) is 0.154. The summed E-state index contributed by atoms with van der Waals surface area (Å²) in [6.45, 7) is 0. The number of hydrogen-bond acceptors (Lipinski definition) is 3. The van der Waals surface area contributed by atoms with Gasteiger partial charge in [0.1, 0.15) is 6.10 Å².